The summed E-state index contributed by atoms with van der Waals surface area (Å²) in [4.78, 5) is 10.6. The van der Waals surface area contributed by atoms with Crippen molar-refractivity contribution < 1.29 is 10.2 Å². The minimum atomic E-state index is -0.0392. The molecule has 1 aromatic heterocycles. The fourth-order valence-corrected chi connectivity index (χ4v) is 1.41. The second-order valence-electron chi connectivity index (χ2n) is 3.32. The summed E-state index contributed by atoms with van der Waals surface area (Å²) in [6.07, 6.45) is 0.549. The van der Waals surface area contributed by atoms with Gasteiger partial charge < -0.3 is 15.5 Å². The number of nitrogens with zero attached hydrogens (tertiary/aromatic N) is 3. The standard InChI is InChI=1S/C8H15BN4O3/c9-7-6(12-16)8(10-2-5-15)13(11-7)3-1-4-14/h10,14-15H,1-5,9H2. The van der Waals surface area contributed by atoms with Gasteiger partial charge in [0.1, 0.15) is 0 Å². The molecule has 0 radical (unpaired) electrons. The number of nitroso groups, excluding NO2 is 1. The quantitative estimate of drug-likeness (QED) is 0.381. The van der Waals surface area contributed by atoms with Gasteiger partial charge in [0.15, 0.2) is 19.4 Å². The number of anilines is 1. The molecule has 1 heterocycles. The first-order valence-electron chi connectivity index (χ1n) is 5.11. The van der Waals surface area contributed by atoms with E-state index in [1.807, 2.05) is 0 Å². The van der Waals surface area contributed by atoms with Crippen LogP contribution in [0.25, 0.3) is 0 Å². The molecule has 8 heteroatoms. The Labute approximate surface area is 93.8 Å². The number of rotatable bonds is 7. The highest BCUT2D eigenvalue weighted by Gasteiger charge is 2.14. The molecule has 7 nitrogen and oxygen atoms in total. The van der Waals surface area contributed by atoms with Crippen molar-refractivity contribution in [2.75, 3.05) is 25.1 Å². The molecular weight excluding hydrogens is 211 g/mol. The first-order chi connectivity index (χ1) is 7.74. The fraction of sp³-hybridized carbons (Fsp3) is 0.625. The van der Waals surface area contributed by atoms with E-state index in [1.165, 1.54) is 0 Å². The highest BCUT2D eigenvalue weighted by Crippen LogP contribution is 2.21. The van der Waals surface area contributed by atoms with Crippen LogP contribution in [0.5, 0.6) is 0 Å². The Morgan fingerprint density at radius 1 is 1.44 bits per heavy atom. The molecule has 0 saturated heterocycles. The fourth-order valence-electron chi connectivity index (χ4n) is 1.41. The third kappa shape index (κ3) is 2.80. The van der Waals surface area contributed by atoms with Crippen molar-refractivity contribution in [1.82, 2.24) is 9.78 Å². The second-order valence-corrected chi connectivity index (χ2v) is 3.32. The molecule has 0 saturated carbocycles. The summed E-state index contributed by atoms with van der Waals surface area (Å²) >= 11 is 0. The molecule has 0 amide bonds. The second kappa shape index (κ2) is 6.24. The summed E-state index contributed by atoms with van der Waals surface area (Å²) in [6, 6.07) is 0. The Balaban J connectivity index is 2.91. The monoisotopic (exact) mass is 226 g/mol. The van der Waals surface area contributed by atoms with Crippen LogP contribution in [0, 0.1) is 4.91 Å². The lowest BCUT2D eigenvalue weighted by Gasteiger charge is -2.08. The molecule has 0 atom stereocenters. The van der Waals surface area contributed by atoms with Gasteiger partial charge in [-0.25, -0.2) is 4.68 Å². The Morgan fingerprint density at radius 3 is 2.75 bits per heavy atom. The first kappa shape index (κ1) is 12.7. The zero-order valence-electron chi connectivity index (χ0n) is 9.18. The van der Waals surface area contributed by atoms with E-state index in [1.54, 1.807) is 12.5 Å². The SMILES string of the molecule is Bc1nn(CCCO)c(NCCO)c1N=O. The van der Waals surface area contributed by atoms with Crippen LogP contribution in [0.4, 0.5) is 11.5 Å². The Kier molecular flexibility index (Phi) is 4.94. The van der Waals surface area contributed by atoms with E-state index in [0.717, 1.165) is 0 Å². The van der Waals surface area contributed by atoms with Crippen molar-refractivity contribution in [3.05, 3.63) is 4.91 Å². The number of aliphatic hydroxyl groups excluding tert-OH is 2. The average molecular weight is 226 g/mol. The van der Waals surface area contributed by atoms with E-state index in [9.17, 15) is 4.91 Å². The molecule has 0 fully saturated rings. The van der Waals surface area contributed by atoms with Crippen LogP contribution < -0.4 is 10.9 Å². The number of hydrogen-bond acceptors (Lipinski definition) is 6. The third-order valence-electron chi connectivity index (χ3n) is 2.12. The highest BCUT2D eigenvalue weighted by molar-refractivity contribution is 6.34. The van der Waals surface area contributed by atoms with Gasteiger partial charge >= 0.3 is 0 Å². The lowest BCUT2D eigenvalue weighted by Crippen LogP contribution is -2.13. The molecule has 0 unspecified atom stereocenters. The summed E-state index contributed by atoms with van der Waals surface area (Å²) in [5.41, 5.74) is 0.791. The maximum atomic E-state index is 10.6. The zero-order chi connectivity index (χ0) is 12.0. The number of aryl methyl sites for hydroxylation is 1. The van der Waals surface area contributed by atoms with Gasteiger partial charge in [-0.1, -0.05) is 0 Å². The lowest BCUT2D eigenvalue weighted by molar-refractivity contribution is 0.277. The largest absolute Gasteiger partial charge is 0.396 e. The van der Waals surface area contributed by atoms with E-state index >= 15 is 0 Å². The van der Waals surface area contributed by atoms with E-state index in [2.05, 4.69) is 15.6 Å². The van der Waals surface area contributed by atoms with Crippen LogP contribution in [0.2, 0.25) is 0 Å². The van der Waals surface area contributed by atoms with Crippen LogP contribution in [-0.2, 0) is 6.54 Å². The number of nitrogens with one attached hydrogen (secondary N) is 1. The van der Waals surface area contributed by atoms with Crippen LogP contribution in [-0.4, -0.2) is 47.6 Å². The number of hydrogen-bond donors (Lipinski definition) is 3. The molecule has 88 valence electrons. The third-order valence-corrected chi connectivity index (χ3v) is 2.12. The van der Waals surface area contributed by atoms with Gasteiger partial charge in [-0.2, -0.15) is 5.10 Å². The van der Waals surface area contributed by atoms with Crippen molar-refractivity contribution >= 4 is 24.9 Å². The van der Waals surface area contributed by atoms with Crippen LogP contribution in [0.15, 0.2) is 5.18 Å². The maximum Gasteiger partial charge on any atom is 0.169 e. The smallest absolute Gasteiger partial charge is 0.169 e. The predicted molar refractivity (Wildman–Crippen MR) is 63.1 cm³/mol. The Bertz CT molecular complexity index is 355. The van der Waals surface area contributed by atoms with Gasteiger partial charge in [0.2, 0.25) is 0 Å². The topological polar surface area (TPSA) is 99.7 Å². The van der Waals surface area contributed by atoms with Crippen LogP contribution in [0.1, 0.15) is 6.42 Å². The number of aromatic nitrogens is 2. The van der Waals surface area contributed by atoms with Crippen molar-refractivity contribution in [3.63, 3.8) is 0 Å². The molecule has 1 rings (SSSR count). The van der Waals surface area contributed by atoms with E-state index in [0.29, 0.717) is 30.9 Å². The van der Waals surface area contributed by atoms with Gasteiger partial charge in [0, 0.05) is 25.3 Å². The van der Waals surface area contributed by atoms with Crippen molar-refractivity contribution in [3.8, 4) is 0 Å². The minimum Gasteiger partial charge on any atom is -0.396 e. The van der Waals surface area contributed by atoms with Crippen molar-refractivity contribution in [2.45, 2.75) is 13.0 Å². The summed E-state index contributed by atoms with van der Waals surface area (Å²) in [6.45, 7) is 0.845. The minimum absolute atomic E-state index is 0.0392. The van der Waals surface area contributed by atoms with E-state index in [4.69, 9.17) is 10.2 Å². The van der Waals surface area contributed by atoms with Gasteiger partial charge in [0.25, 0.3) is 0 Å². The first-order valence-corrected chi connectivity index (χ1v) is 5.11. The molecule has 0 aliphatic heterocycles. The molecule has 0 bridgehead atoms. The molecule has 0 spiro atoms. The normalized spacial score (nSPS) is 10.4. The summed E-state index contributed by atoms with van der Waals surface area (Å²) in [5, 5.41) is 27.4. The van der Waals surface area contributed by atoms with Gasteiger partial charge in [0.05, 0.1) is 6.61 Å². The molecule has 0 aliphatic carbocycles. The molecule has 16 heavy (non-hydrogen) atoms. The van der Waals surface area contributed by atoms with Crippen molar-refractivity contribution in [1.29, 1.82) is 0 Å². The molecule has 0 aromatic carbocycles. The van der Waals surface area contributed by atoms with Crippen LogP contribution >= 0.6 is 0 Å². The molecule has 0 aliphatic rings. The van der Waals surface area contributed by atoms with E-state index < -0.39 is 0 Å². The van der Waals surface area contributed by atoms with Gasteiger partial charge in [-0.15, -0.1) is 4.91 Å². The Hall–Kier alpha value is -1.41. The predicted octanol–water partition coefficient (Wildman–Crippen LogP) is -1.67. The molecular formula is C8H15BN4O3. The summed E-state index contributed by atoms with van der Waals surface area (Å²) < 4.78 is 1.58. The number of aliphatic hydroxyl groups is 2. The van der Waals surface area contributed by atoms with E-state index in [-0.39, 0.29) is 18.9 Å². The van der Waals surface area contributed by atoms with Crippen molar-refractivity contribution in [2.24, 2.45) is 5.18 Å². The Morgan fingerprint density at radius 2 is 2.19 bits per heavy atom. The zero-order valence-corrected chi connectivity index (χ0v) is 9.18. The maximum absolute atomic E-state index is 10.6. The van der Waals surface area contributed by atoms with Crippen LogP contribution in [0.3, 0.4) is 0 Å². The molecule has 1 aromatic rings. The van der Waals surface area contributed by atoms with Gasteiger partial charge in [-0.3, -0.25) is 0 Å². The lowest BCUT2D eigenvalue weighted by atomic mass is 10.0. The molecule has 3 N–H and O–H groups in total. The summed E-state index contributed by atoms with van der Waals surface area (Å²) in [5.74, 6) is 0.495. The highest BCUT2D eigenvalue weighted by atomic mass is 16.3. The average Bonchev–Trinajstić information content (AvgIpc) is 2.59. The van der Waals surface area contributed by atoms with Gasteiger partial charge in [-0.05, 0) is 11.6 Å². The summed E-state index contributed by atoms with van der Waals surface area (Å²) in [7, 11) is 1.69.